The minimum Gasteiger partial charge on any atom is -0.493 e. The maximum atomic E-state index is 5.30. The van der Waals surface area contributed by atoms with E-state index in [4.69, 9.17) is 14.2 Å². The van der Waals surface area contributed by atoms with Crippen molar-refractivity contribution in [2.75, 3.05) is 34.1 Å². The Balaban J connectivity index is 3.26. The van der Waals surface area contributed by atoms with Crippen molar-refractivity contribution in [2.45, 2.75) is 6.04 Å². The van der Waals surface area contributed by atoms with Crippen LogP contribution in [0.3, 0.4) is 0 Å². The van der Waals surface area contributed by atoms with Crippen LogP contribution in [0, 0.1) is 0 Å². The van der Waals surface area contributed by atoms with Crippen LogP contribution < -0.4 is 19.5 Å². The van der Waals surface area contributed by atoms with Crippen molar-refractivity contribution in [3.05, 3.63) is 17.7 Å². The van der Waals surface area contributed by atoms with Crippen LogP contribution in [-0.4, -0.2) is 34.1 Å². The number of hydrogen-bond acceptors (Lipinski definition) is 5. The highest BCUT2D eigenvalue weighted by molar-refractivity contribution is 7.80. The molecule has 0 aromatic heterocycles. The number of benzene rings is 1. The second-order valence-electron chi connectivity index (χ2n) is 3.48. The van der Waals surface area contributed by atoms with Gasteiger partial charge < -0.3 is 19.5 Å². The fraction of sp³-hybridized carbons (Fsp3) is 0.500. The number of rotatable bonds is 6. The molecule has 0 saturated carbocycles. The Morgan fingerprint density at radius 2 is 1.65 bits per heavy atom. The average molecular weight is 257 g/mol. The first-order valence-corrected chi connectivity index (χ1v) is 5.93. The minimum absolute atomic E-state index is 0.145. The third kappa shape index (κ3) is 2.98. The summed E-state index contributed by atoms with van der Waals surface area (Å²) in [6.45, 7) is 0. The maximum Gasteiger partial charge on any atom is 0.203 e. The third-order valence-corrected chi connectivity index (χ3v) is 2.99. The first-order valence-electron chi connectivity index (χ1n) is 5.29. The topological polar surface area (TPSA) is 39.7 Å². The fourth-order valence-corrected chi connectivity index (χ4v) is 2.06. The van der Waals surface area contributed by atoms with Gasteiger partial charge in [0, 0.05) is 11.8 Å². The molecule has 1 unspecified atom stereocenters. The summed E-state index contributed by atoms with van der Waals surface area (Å²) < 4.78 is 15.9. The quantitative estimate of drug-likeness (QED) is 0.764. The Morgan fingerprint density at radius 1 is 1.12 bits per heavy atom. The van der Waals surface area contributed by atoms with Gasteiger partial charge in [-0.1, -0.05) is 0 Å². The normalized spacial score (nSPS) is 12.1. The van der Waals surface area contributed by atoms with E-state index in [1.165, 1.54) is 0 Å². The lowest BCUT2D eigenvalue weighted by atomic mass is 10.1. The van der Waals surface area contributed by atoms with Gasteiger partial charge >= 0.3 is 0 Å². The summed E-state index contributed by atoms with van der Waals surface area (Å²) in [6, 6.07) is 4.00. The van der Waals surface area contributed by atoms with Crippen molar-refractivity contribution in [2.24, 2.45) is 0 Å². The van der Waals surface area contributed by atoms with E-state index >= 15 is 0 Å². The lowest BCUT2D eigenvalue weighted by Crippen LogP contribution is -2.18. The van der Waals surface area contributed by atoms with E-state index in [2.05, 4.69) is 17.9 Å². The molecule has 0 amide bonds. The highest BCUT2D eigenvalue weighted by atomic mass is 32.1. The van der Waals surface area contributed by atoms with Crippen LogP contribution in [0.5, 0.6) is 17.2 Å². The largest absolute Gasteiger partial charge is 0.493 e. The van der Waals surface area contributed by atoms with Crippen molar-refractivity contribution >= 4 is 12.6 Å². The van der Waals surface area contributed by atoms with E-state index in [9.17, 15) is 0 Å². The molecule has 0 saturated heterocycles. The summed E-state index contributed by atoms with van der Waals surface area (Å²) in [5, 5.41) is 3.18. The molecule has 0 aliphatic rings. The summed E-state index contributed by atoms with van der Waals surface area (Å²) in [6.07, 6.45) is 0. The van der Waals surface area contributed by atoms with Crippen LogP contribution in [0.25, 0.3) is 0 Å². The highest BCUT2D eigenvalue weighted by Gasteiger charge is 2.16. The fourth-order valence-electron chi connectivity index (χ4n) is 1.67. The highest BCUT2D eigenvalue weighted by Crippen LogP contribution is 2.39. The van der Waals surface area contributed by atoms with Crippen LogP contribution in [-0.2, 0) is 0 Å². The zero-order valence-corrected chi connectivity index (χ0v) is 11.5. The average Bonchev–Trinajstić information content (AvgIpc) is 2.38. The van der Waals surface area contributed by atoms with Gasteiger partial charge in [-0.15, -0.1) is 0 Å². The van der Waals surface area contributed by atoms with Gasteiger partial charge in [0.15, 0.2) is 11.5 Å². The molecule has 1 aromatic carbocycles. The van der Waals surface area contributed by atoms with Crippen LogP contribution in [0.15, 0.2) is 12.1 Å². The lowest BCUT2D eigenvalue weighted by Gasteiger charge is -2.18. The second-order valence-corrected chi connectivity index (χ2v) is 3.85. The molecule has 0 radical (unpaired) electrons. The Bertz CT molecular complexity index is 342. The molecule has 1 N–H and O–H groups in total. The lowest BCUT2D eigenvalue weighted by molar-refractivity contribution is 0.323. The molecule has 4 nitrogen and oxygen atoms in total. The van der Waals surface area contributed by atoms with E-state index in [0.29, 0.717) is 23.0 Å². The molecule has 0 aliphatic carbocycles. The molecule has 17 heavy (non-hydrogen) atoms. The van der Waals surface area contributed by atoms with Gasteiger partial charge in [0.05, 0.1) is 21.3 Å². The monoisotopic (exact) mass is 257 g/mol. The van der Waals surface area contributed by atoms with E-state index in [-0.39, 0.29) is 6.04 Å². The van der Waals surface area contributed by atoms with Crippen molar-refractivity contribution in [1.82, 2.24) is 5.32 Å². The Hall–Kier alpha value is -1.07. The van der Waals surface area contributed by atoms with E-state index in [0.717, 1.165) is 5.56 Å². The molecule has 0 bridgehead atoms. The minimum atomic E-state index is 0.145. The van der Waals surface area contributed by atoms with Gasteiger partial charge in [-0.25, -0.2) is 0 Å². The zero-order valence-electron chi connectivity index (χ0n) is 10.6. The number of thiol groups is 1. The molecule has 5 heteroatoms. The van der Waals surface area contributed by atoms with Crippen LogP contribution in [0.4, 0.5) is 0 Å². The van der Waals surface area contributed by atoms with Gasteiger partial charge in [0.2, 0.25) is 5.75 Å². The Kier molecular flexibility index (Phi) is 5.44. The van der Waals surface area contributed by atoms with Crippen molar-refractivity contribution in [3.8, 4) is 17.2 Å². The van der Waals surface area contributed by atoms with Gasteiger partial charge in [0.25, 0.3) is 0 Å². The summed E-state index contributed by atoms with van der Waals surface area (Å²) in [5.41, 5.74) is 1.05. The Morgan fingerprint density at radius 3 is 1.94 bits per heavy atom. The van der Waals surface area contributed by atoms with Crippen LogP contribution in [0.2, 0.25) is 0 Å². The molecule has 0 heterocycles. The van der Waals surface area contributed by atoms with Crippen LogP contribution in [0.1, 0.15) is 11.6 Å². The number of ether oxygens (including phenoxy) is 3. The Labute approximate surface area is 108 Å². The molecular weight excluding hydrogens is 238 g/mol. The molecule has 1 rings (SSSR count). The maximum absolute atomic E-state index is 5.30. The molecule has 0 aliphatic heterocycles. The summed E-state index contributed by atoms with van der Waals surface area (Å²) >= 11 is 4.31. The summed E-state index contributed by atoms with van der Waals surface area (Å²) in [7, 11) is 6.70. The number of nitrogens with one attached hydrogen (secondary N) is 1. The predicted molar refractivity (Wildman–Crippen MR) is 71.8 cm³/mol. The molecule has 0 spiro atoms. The molecule has 96 valence electrons. The van der Waals surface area contributed by atoms with Gasteiger partial charge in [-0.2, -0.15) is 12.6 Å². The number of methoxy groups -OCH3 is 3. The van der Waals surface area contributed by atoms with Crippen molar-refractivity contribution in [1.29, 1.82) is 0 Å². The van der Waals surface area contributed by atoms with Crippen molar-refractivity contribution < 1.29 is 14.2 Å². The number of hydrogen-bond donors (Lipinski definition) is 2. The van der Waals surface area contributed by atoms with E-state index < -0.39 is 0 Å². The van der Waals surface area contributed by atoms with Gasteiger partial charge in [-0.05, 0) is 24.7 Å². The molecule has 0 fully saturated rings. The first-order chi connectivity index (χ1) is 8.21. The van der Waals surface area contributed by atoms with Crippen LogP contribution >= 0.6 is 12.6 Å². The van der Waals surface area contributed by atoms with Gasteiger partial charge in [-0.3, -0.25) is 0 Å². The predicted octanol–water partition coefficient (Wildman–Crippen LogP) is 1.90. The standard InChI is InChI=1S/C12H19NO3S/c1-13-9(7-17)8-5-10(14-2)12(16-4)11(6-8)15-3/h5-6,9,13,17H,7H2,1-4H3. The molecule has 1 aromatic rings. The summed E-state index contributed by atoms with van der Waals surface area (Å²) in [5.74, 6) is 2.61. The summed E-state index contributed by atoms with van der Waals surface area (Å²) in [4.78, 5) is 0. The molecular formula is C12H19NO3S. The third-order valence-electron chi connectivity index (χ3n) is 2.62. The van der Waals surface area contributed by atoms with E-state index in [1.54, 1.807) is 21.3 Å². The molecule has 1 atom stereocenters. The SMILES string of the molecule is CNC(CS)c1cc(OC)c(OC)c(OC)c1. The second kappa shape index (κ2) is 6.61. The smallest absolute Gasteiger partial charge is 0.203 e. The van der Waals surface area contributed by atoms with Crippen molar-refractivity contribution in [3.63, 3.8) is 0 Å². The van der Waals surface area contributed by atoms with E-state index in [1.807, 2.05) is 19.2 Å². The van der Waals surface area contributed by atoms with Gasteiger partial charge in [0.1, 0.15) is 0 Å². The first kappa shape index (κ1) is 14.0. The zero-order chi connectivity index (χ0) is 12.8.